The molecule has 0 aliphatic rings. The third-order valence-corrected chi connectivity index (χ3v) is 4.43. The molecular weight excluding hydrogens is 397 g/mol. The number of hydrogen-bond donors (Lipinski definition) is 2. The third-order valence-electron chi connectivity index (χ3n) is 4.18. The molecule has 1 atom stereocenters. The van der Waals surface area contributed by atoms with Gasteiger partial charge in [0, 0.05) is 5.02 Å². The first-order valence-electron chi connectivity index (χ1n) is 8.58. The first-order valence-corrected chi connectivity index (χ1v) is 8.96. The highest BCUT2D eigenvalue weighted by atomic mass is 35.5. The molecule has 0 radical (unpaired) electrons. The molecule has 146 valence electrons. The van der Waals surface area contributed by atoms with E-state index in [0.29, 0.717) is 5.75 Å². The molecule has 0 saturated heterocycles. The van der Waals surface area contributed by atoms with Crippen LogP contribution >= 0.6 is 24.0 Å². The Morgan fingerprint density at radius 3 is 1.75 bits per heavy atom. The number of ether oxygens (including phenoxy) is 1. The van der Waals surface area contributed by atoms with Crippen molar-refractivity contribution in [1.29, 1.82) is 0 Å². The zero-order valence-corrected chi connectivity index (χ0v) is 16.6. The molecule has 28 heavy (non-hydrogen) atoms. The quantitative estimate of drug-likeness (QED) is 0.560. The van der Waals surface area contributed by atoms with Gasteiger partial charge >= 0.3 is 5.97 Å². The lowest BCUT2D eigenvalue weighted by Gasteiger charge is -2.09. The minimum absolute atomic E-state index is 0. The molecule has 0 aromatic heterocycles. The van der Waals surface area contributed by atoms with Crippen molar-refractivity contribution in [2.75, 3.05) is 0 Å². The summed E-state index contributed by atoms with van der Waals surface area (Å²) in [6.45, 7) is 0. The van der Waals surface area contributed by atoms with Crippen LogP contribution in [0.15, 0.2) is 72.8 Å². The topological polar surface area (TPSA) is 72.5 Å². The van der Waals surface area contributed by atoms with Gasteiger partial charge < -0.3 is 15.6 Å². The summed E-state index contributed by atoms with van der Waals surface area (Å²) in [5.74, 6) is 0.423. The number of rotatable bonds is 7. The van der Waals surface area contributed by atoms with Crippen LogP contribution in [0.3, 0.4) is 0 Å². The molecule has 0 spiro atoms. The van der Waals surface area contributed by atoms with E-state index in [2.05, 4.69) is 0 Å². The van der Waals surface area contributed by atoms with Crippen molar-refractivity contribution >= 4 is 30.0 Å². The molecule has 3 N–H and O–H groups in total. The summed E-state index contributed by atoms with van der Waals surface area (Å²) in [4.78, 5) is 10.8. The average Bonchev–Trinajstić information content (AvgIpc) is 2.66. The van der Waals surface area contributed by atoms with E-state index in [-0.39, 0.29) is 18.8 Å². The Kier molecular flexibility index (Phi) is 7.88. The number of hydrogen-bond acceptors (Lipinski definition) is 3. The molecule has 0 aliphatic carbocycles. The number of carboxylic acid groups (broad SMARTS) is 1. The zero-order chi connectivity index (χ0) is 19.2. The monoisotopic (exact) mass is 417 g/mol. The standard InChI is InChI=1S/C22H20ClNO3.ClH/c23-18-7-1-15(2-8-18)13-16-3-9-19(10-4-16)27-20-11-5-17(6-12-20)14-21(24)22(25)26;/h1-12,21H,13-14,24H2,(H,25,26);1H/t21-;/m0./s1. The van der Waals surface area contributed by atoms with E-state index in [1.807, 2.05) is 72.8 Å². The Morgan fingerprint density at radius 2 is 1.29 bits per heavy atom. The lowest BCUT2D eigenvalue weighted by molar-refractivity contribution is -0.138. The van der Waals surface area contributed by atoms with Crippen molar-refractivity contribution in [3.05, 3.63) is 94.5 Å². The molecule has 3 aromatic carbocycles. The Balaban J connectivity index is 0.00000280. The van der Waals surface area contributed by atoms with Crippen LogP contribution in [0.2, 0.25) is 5.02 Å². The van der Waals surface area contributed by atoms with Crippen LogP contribution in [-0.4, -0.2) is 17.1 Å². The Hall–Kier alpha value is -2.53. The second kappa shape index (κ2) is 10.1. The van der Waals surface area contributed by atoms with E-state index in [1.54, 1.807) is 0 Å². The highest BCUT2D eigenvalue weighted by molar-refractivity contribution is 6.30. The maximum Gasteiger partial charge on any atom is 0.320 e. The number of benzene rings is 3. The molecule has 0 aliphatic heterocycles. The van der Waals surface area contributed by atoms with Gasteiger partial charge in [-0.25, -0.2) is 0 Å². The van der Waals surface area contributed by atoms with Gasteiger partial charge in [-0.3, -0.25) is 4.79 Å². The summed E-state index contributed by atoms with van der Waals surface area (Å²) in [5, 5.41) is 9.60. The first-order chi connectivity index (χ1) is 13.0. The predicted molar refractivity (Wildman–Crippen MR) is 114 cm³/mol. The van der Waals surface area contributed by atoms with Crippen LogP contribution in [0.25, 0.3) is 0 Å². The van der Waals surface area contributed by atoms with Crippen LogP contribution in [0.1, 0.15) is 16.7 Å². The Morgan fingerprint density at radius 1 is 0.857 bits per heavy atom. The van der Waals surface area contributed by atoms with E-state index in [0.717, 1.165) is 22.8 Å². The molecule has 0 heterocycles. The van der Waals surface area contributed by atoms with Crippen molar-refractivity contribution in [3.8, 4) is 11.5 Å². The van der Waals surface area contributed by atoms with Gasteiger partial charge in [0.1, 0.15) is 17.5 Å². The van der Waals surface area contributed by atoms with Gasteiger partial charge in [-0.05, 0) is 65.9 Å². The van der Waals surface area contributed by atoms with Gasteiger partial charge in [0.05, 0.1) is 0 Å². The normalized spacial score (nSPS) is 11.4. The Bertz CT molecular complexity index is 895. The molecular formula is C22H21Cl2NO3. The maximum atomic E-state index is 10.8. The lowest BCUT2D eigenvalue weighted by atomic mass is 10.1. The molecule has 4 nitrogen and oxygen atoms in total. The molecule has 3 aromatic rings. The van der Waals surface area contributed by atoms with Gasteiger partial charge in [-0.15, -0.1) is 12.4 Å². The fourth-order valence-electron chi connectivity index (χ4n) is 2.68. The van der Waals surface area contributed by atoms with Gasteiger partial charge in [0.15, 0.2) is 0 Å². The summed E-state index contributed by atoms with van der Waals surface area (Å²) < 4.78 is 5.84. The van der Waals surface area contributed by atoms with E-state index in [1.165, 1.54) is 11.1 Å². The minimum atomic E-state index is -1.01. The smallest absolute Gasteiger partial charge is 0.320 e. The fourth-order valence-corrected chi connectivity index (χ4v) is 2.81. The van der Waals surface area contributed by atoms with Gasteiger partial charge in [0.2, 0.25) is 0 Å². The SMILES string of the molecule is Cl.N[C@@H](Cc1ccc(Oc2ccc(Cc3ccc(Cl)cc3)cc2)cc1)C(=O)O. The Labute approximate surface area is 175 Å². The molecule has 0 unspecified atom stereocenters. The predicted octanol–water partition coefficient (Wildman–Crippen LogP) is 5.10. The number of carbonyl (C=O) groups is 1. The average molecular weight is 418 g/mol. The third kappa shape index (κ3) is 6.27. The van der Waals surface area contributed by atoms with Crippen LogP contribution < -0.4 is 10.5 Å². The van der Waals surface area contributed by atoms with Crippen molar-refractivity contribution in [1.82, 2.24) is 0 Å². The number of carboxylic acids is 1. The fraction of sp³-hybridized carbons (Fsp3) is 0.136. The summed E-state index contributed by atoms with van der Waals surface area (Å²) in [7, 11) is 0. The second-order valence-corrected chi connectivity index (χ2v) is 6.78. The number of aliphatic carboxylic acids is 1. The largest absolute Gasteiger partial charge is 0.480 e. The molecule has 6 heteroatoms. The van der Waals surface area contributed by atoms with Crippen LogP contribution in [-0.2, 0) is 17.6 Å². The van der Waals surface area contributed by atoms with Gasteiger partial charge in [0.25, 0.3) is 0 Å². The second-order valence-electron chi connectivity index (χ2n) is 6.34. The van der Waals surface area contributed by atoms with Crippen molar-refractivity contribution < 1.29 is 14.6 Å². The molecule has 0 saturated carbocycles. The molecule has 0 amide bonds. The van der Waals surface area contributed by atoms with Gasteiger partial charge in [-0.1, -0.05) is 48.0 Å². The van der Waals surface area contributed by atoms with Gasteiger partial charge in [-0.2, -0.15) is 0 Å². The minimum Gasteiger partial charge on any atom is -0.480 e. The van der Waals surface area contributed by atoms with Crippen LogP contribution in [0.4, 0.5) is 0 Å². The van der Waals surface area contributed by atoms with Crippen LogP contribution in [0, 0.1) is 0 Å². The lowest BCUT2D eigenvalue weighted by Crippen LogP contribution is -2.32. The maximum absolute atomic E-state index is 10.8. The van der Waals surface area contributed by atoms with Crippen molar-refractivity contribution in [2.45, 2.75) is 18.9 Å². The molecule has 0 fully saturated rings. The summed E-state index contributed by atoms with van der Waals surface area (Å²) in [6, 6.07) is 22.1. The zero-order valence-electron chi connectivity index (χ0n) is 15.0. The van der Waals surface area contributed by atoms with Crippen molar-refractivity contribution in [2.24, 2.45) is 5.73 Å². The highest BCUT2D eigenvalue weighted by Crippen LogP contribution is 2.23. The molecule has 3 rings (SSSR count). The highest BCUT2D eigenvalue weighted by Gasteiger charge is 2.11. The van der Waals surface area contributed by atoms with E-state index in [4.69, 9.17) is 27.2 Å². The summed E-state index contributed by atoms with van der Waals surface area (Å²) in [5.41, 5.74) is 8.79. The van der Waals surface area contributed by atoms with Crippen molar-refractivity contribution in [3.63, 3.8) is 0 Å². The van der Waals surface area contributed by atoms with Crippen LogP contribution in [0.5, 0.6) is 11.5 Å². The van der Waals surface area contributed by atoms with E-state index in [9.17, 15) is 4.79 Å². The first kappa shape index (κ1) is 21.8. The summed E-state index contributed by atoms with van der Waals surface area (Å²) >= 11 is 5.91. The summed E-state index contributed by atoms with van der Waals surface area (Å²) in [6.07, 6.45) is 1.12. The van der Waals surface area contributed by atoms with E-state index >= 15 is 0 Å². The van der Waals surface area contributed by atoms with E-state index < -0.39 is 12.0 Å². The molecule has 0 bridgehead atoms. The number of halogens is 2. The number of nitrogens with two attached hydrogens (primary N) is 1.